The predicted molar refractivity (Wildman–Crippen MR) is 166 cm³/mol. The van der Waals surface area contributed by atoms with E-state index in [1.807, 2.05) is 18.2 Å². The molecule has 234 valence electrons. The van der Waals surface area contributed by atoms with E-state index < -0.39 is 29.8 Å². The average Bonchev–Trinajstić information content (AvgIpc) is 2.99. The summed E-state index contributed by atoms with van der Waals surface area (Å²) >= 11 is 0. The van der Waals surface area contributed by atoms with Gasteiger partial charge < -0.3 is 30.5 Å². The van der Waals surface area contributed by atoms with Crippen LogP contribution in [-0.4, -0.2) is 90.6 Å². The van der Waals surface area contributed by atoms with Gasteiger partial charge in [0.05, 0.1) is 23.4 Å². The molecule has 0 radical (unpaired) electrons. The molecular formula is C32H39N5O7. The largest absolute Gasteiger partial charge is 0.481 e. The van der Waals surface area contributed by atoms with Crippen LogP contribution in [0.2, 0.25) is 0 Å². The number of ether oxygens (including phenoxy) is 1. The number of benzene rings is 2. The lowest BCUT2D eigenvalue weighted by molar-refractivity contribution is -0.140. The SMILES string of the molecule is CCOC(=O)c1ccccc1N1CCN(CCCNC(=O)Nc2cccc(C3C(C(=O)O)=C(C)N=C(C)C3C(=O)O)c2)CC1. The molecule has 2 aliphatic heterocycles. The van der Waals surface area contributed by atoms with Crippen LogP contribution in [0.3, 0.4) is 0 Å². The fraction of sp³-hybridized carbons (Fsp3) is 0.406. The van der Waals surface area contributed by atoms with Crippen molar-refractivity contribution in [3.63, 3.8) is 0 Å². The van der Waals surface area contributed by atoms with E-state index in [9.17, 15) is 29.4 Å². The minimum absolute atomic E-state index is 0.0753. The van der Waals surface area contributed by atoms with Gasteiger partial charge in [-0.3, -0.25) is 14.7 Å². The van der Waals surface area contributed by atoms with E-state index in [0.29, 0.717) is 35.7 Å². The number of hydrogen-bond acceptors (Lipinski definition) is 8. The van der Waals surface area contributed by atoms with Crippen LogP contribution in [0.1, 0.15) is 49.0 Å². The van der Waals surface area contributed by atoms with E-state index in [0.717, 1.165) is 44.8 Å². The first kappa shape index (κ1) is 32.2. The first-order chi connectivity index (χ1) is 21.1. The zero-order valence-corrected chi connectivity index (χ0v) is 25.2. The minimum atomic E-state index is -1.23. The van der Waals surface area contributed by atoms with Gasteiger partial charge in [-0.1, -0.05) is 24.3 Å². The van der Waals surface area contributed by atoms with E-state index in [1.54, 1.807) is 51.1 Å². The molecule has 2 heterocycles. The maximum absolute atomic E-state index is 12.6. The van der Waals surface area contributed by atoms with Crippen molar-refractivity contribution in [2.45, 2.75) is 33.1 Å². The van der Waals surface area contributed by atoms with Crippen LogP contribution in [0.15, 0.2) is 64.8 Å². The Morgan fingerprint density at radius 2 is 1.73 bits per heavy atom. The second kappa shape index (κ2) is 14.6. The number of carboxylic acid groups (broad SMARTS) is 2. The number of amides is 2. The number of piperazine rings is 1. The molecule has 2 aromatic rings. The number of anilines is 2. The van der Waals surface area contributed by atoms with Crippen molar-refractivity contribution in [1.82, 2.24) is 10.2 Å². The molecule has 0 bridgehead atoms. The number of carbonyl (C=O) groups excluding carboxylic acids is 2. The van der Waals surface area contributed by atoms with Gasteiger partial charge in [0.2, 0.25) is 0 Å². The van der Waals surface area contributed by atoms with Crippen LogP contribution in [-0.2, 0) is 14.3 Å². The lowest BCUT2D eigenvalue weighted by atomic mass is 9.75. The average molecular weight is 606 g/mol. The summed E-state index contributed by atoms with van der Waals surface area (Å²) in [6, 6.07) is 13.7. The minimum Gasteiger partial charge on any atom is -0.481 e. The van der Waals surface area contributed by atoms with Crippen molar-refractivity contribution < 1.29 is 34.1 Å². The number of hydrogen-bond donors (Lipinski definition) is 4. The van der Waals surface area contributed by atoms with Crippen LogP contribution in [0.5, 0.6) is 0 Å². The van der Waals surface area contributed by atoms with Crippen LogP contribution in [0.25, 0.3) is 0 Å². The molecule has 1 fully saturated rings. The molecule has 0 saturated carbocycles. The summed E-state index contributed by atoms with van der Waals surface area (Å²) in [5, 5.41) is 25.3. The van der Waals surface area contributed by atoms with Crippen molar-refractivity contribution in [2.24, 2.45) is 10.9 Å². The zero-order chi connectivity index (χ0) is 31.8. The third-order valence-corrected chi connectivity index (χ3v) is 7.88. The van der Waals surface area contributed by atoms with Gasteiger partial charge in [0, 0.05) is 55.7 Å². The molecule has 2 atom stereocenters. The molecule has 0 aliphatic carbocycles. The van der Waals surface area contributed by atoms with Crippen LogP contribution >= 0.6 is 0 Å². The van der Waals surface area contributed by atoms with Crippen LogP contribution in [0.4, 0.5) is 16.2 Å². The van der Waals surface area contributed by atoms with Crippen molar-refractivity contribution in [3.05, 3.63) is 70.9 Å². The number of urea groups is 1. The summed E-state index contributed by atoms with van der Waals surface area (Å²) < 4.78 is 5.21. The fourth-order valence-electron chi connectivity index (χ4n) is 5.83. The summed E-state index contributed by atoms with van der Waals surface area (Å²) in [6.07, 6.45) is 0.736. The Balaban J connectivity index is 1.27. The van der Waals surface area contributed by atoms with Gasteiger partial charge in [-0.15, -0.1) is 0 Å². The molecule has 2 amide bonds. The summed E-state index contributed by atoms with van der Waals surface area (Å²) in [7, 11) is 0. The maximum atomic E-state index is 12.6. The number of esters is 1. The Hall–Kier alpha value is -4.71. The lowest BCUT2D eigenvalue weighted by Gasteiger charge is -2.36. The molecule has 0 aromatic heterocycles. The van der Waals surface area contributed by atoms with Gasteiger partial charge in [-0.25, -0.2) is 14.4 Å². The monoisotopic (exact) mass is 605 g/mol. The van der Waals surface area contributed by atoms with Crippen molar-refractivity contribution in [2.75, 3.05) is 56.1 Å². The first-order valence-electron chi connectivity index (χ1n) is 14.7. The van der Waals surface area contributed by atoms with Crippen molar-refractivity contribution in [1.29, 1.82) is 0 Å². The highest BCUT2D eigenvalue weighted by Crippen LogP contribution is 2.39. The Labute approximate surface area is 256 Å². The molecule has 4 N–H and O–H groups in total. The molecule has 0 spiro atoms. The van der Waals surface area contributed by atoms with E-state index in [4.69, 9.17) is 4.74 Å². The van der Waals surface area contributed by atoms with Gasteiger partial charge in [0.1, 0.15) is 5.92 Å². The Morgan fingerprint density at radius 3 is 2.41 bits per heavy atom. The van der Waals surface area contributed by atoms with E-state index in [1.165, 1.54) is 0 Å². The molecule has 2 aliphatic rings. The Morgan fingerprint density at radius 1 is 1.00 bits per heavy atom. The normalized spacial score (nSPS) is 18.8. The number of para-hydroxylation sites is 1. The van der Waals surface area contributed by atoms with Gasteiger partial charge >= 0.3 is 23.9 Å². The molecule has 12 nitrogen and oxygen atoms in total. The summed E-state index contributed by atoms with van der Waals surface area (Å²) in [5.41, 5.74) is 2.84. The van der Waals surface area contributed by atoms with Gasteiger partial charge in [0.25, 0.3) is 0 Å². The molecule has 2 unspecified atom stereocenters. The van der Waals surface area contributed by atoms with Gasteiger partial charge in [-0.05, 0) is 63.6 Å². The fourth-order valence-corrected chi connectivity index (χ4v) is 5.83. The maximum Gasteiger partial charge on any atom is 0.340 e. The molecule has 4 rings (SSSR count). The number of carbonyl (C=O) groups is 4. The Kier molecular flexibility index (Phi) is 10.7. The quantitative estimate of drug-likeness (QED) is 0.221. The second-order valence-electron chi connectivity index (χ2n) is 10.8. The predicted octanol–water partition coefficient (Wildman–Crippen LogP) is 3.81. The topological polar surface area (TPSA) is 161 Å². The first-order valence-corrected chi connectivity index (χ1v) is 14.7. The third-order valence-electron chi connectivity index (χ3n) is 7.88. The number of aliphatic carboxylic acids is 2. The van der Waals surface area contributed by atoms with E-state index in [-0.39, 0.29) is 17.2 Å². The zero-order valence-electron chi connectivity index (χ0n) is 25.2. The number of carboxylic acids is 2. The lowest BCUT2D eigenvalue weighted by Crippen LogP contribution is -2.47. The number of allylic oxidation sites excluding steroid dienone is 1. The highest BCUT2D eigenvalue weighted by molar-refractivity contribution is 6.06. The highest BCUT2D eigenvalue weighted by atomic mass is 16.5. The third kappa shape index (κ3) is 7.62. The standard InChI is InChI=1S/C32H39N5O7/c1-4-44-31(42)24-11-5-6-12-25(24)37-17-15-36(16-18-37)14-8-13-33-32(43)35-23-10-7-9-22(19-23)28-26(29(38)39)20(2)34-21(3)27(28)30(40)41/h5-7,9-12,19,26,28H,4,8,13-18H2,1-3H3,(H,38,39)(H,40,41)(H2,33,35,43). The highest BCUT2D eigenvalue weighted by Gasteiger charge is 2.41. The second-order valence-corrected chi connectivity index (χ2v) is 10.8. The van der Waals surface area contributed by atoms with Gasteiger partial charge in [0.15, 0.2) is 0 Å². The van der Waals surface area contributed by atoms with Crippen molar-refractivity contribution >= 4 is 41.0 Å². The molecule has 2 aromatic carbocycles. The van der Waals surface area contributed by atoms with Crippen LogP contribution < -0.4 is 15.5 Å². The molecule has 12 heteroatoms. The van der Waals surface area contributed by atoms with Crippen LogP contribution in [0, 0.1) is 5.92 Å². The molecule has 44 heavy (non-hydrogen) atoms. The molecular weight excluding hydrogens is 566 g/mol. The number of nitrogens with one attached hydrogen (secondary N) is 2. The van der Waals surface area contributed by atoms with E-state index >= 15 is 0 Å². The van der Waals surface area contributed by atoms with Gasteiger partial charge in [-0.2, -0.15) is 0 Å². The number of rotatable bonds is 11. The number of nitrogens with zero attached hydrogens (tertiary/aromatic N) is 3. The summed E-state index contributed by atoms with van der Waals surface area (Å²) in [5.74, 6) is -4.80. The van der Waals surface area contributed by atoms with E-state index in [2.05, 4.69) is 25.4 Å². The Bertz CT molecular complexity index is 1460. The smallest absolute Gasteiger partial charge is 0.340 e. The van der Waals surface area contributed by atoms with Crippen molar-refractivity contribution in [3.8, 4) is 0 Å². The summed E-state index contributed by atoms with van der Waals surface area (Å²) in [6.45, 7) is 9.69. The molecule has 1 saturated heterocycles. The summed E-state index contributed by atoms with van der Waals surface area (Å²) in [4.78, 5) is 57.8. The number of aliphatic imine (C=N–C) groups is 1.